The Morgan fingerprint density at radius 3 is 2.29 bits per heavy atom. The number of unbranched alkanes of at least 4 members (excludes halogenated alkanes) is 1. The van der Waals surface area contributed by atoms with Gasteiger partial charge in [-0.3, -0.25) is 4.99 Å². The number of nitrogens with zero attached hydrogens (tertiary/aromatic N) is 1. The van der Waals surface area contributed by atoms with E-state index in [2.05, 4.69) is 22.5 Å². The van der Waals surface area contributed by atoms with Crippen LogP contribution in [0.3, 0.4) is 0 Å². The van der Waals surface area contributed by atoms with Gasteiger partial charge in [0.25, 0.3) is 0 Å². The zero-order valence-corrected chi connectivity index (χ0v) is 15.9. The summed E-state index contributed by atoms with van der Waals surface area (Å²) in [6.45, 7) is 3.64. The molecular weight excluding hydrogens is 401 g/mol. The van der Waals surface area contributed by atoms with Gasteiger partial charge in [-0.1, -0.05) is 25.5 Å². The Kier molecular flexibility index (Phi) is 9.60. The van der Waals surface area contributed by atoms with Crippen molar-refractivity contribution in [2.24, 2.45) is 4.99 Å². The smallest absolute Gasteiger partial charge is 0.191 e. The van der Waals surface area contributed by atoms with Crippen molar-refractivity contribution in [3.8, 4) is 0 Å². The van der Waals surface area contributed by atoms with Crippen LogP contribution in [0.4, 0.5) is 0 Å². The molecule has 1 rings (SSSR count). The highest BCUT2D eigenvalue weighted by Gasteiger charge is 2.06. The molecular formula is C14H24IN3O2S. The van der Waals surface area contributed by atoms with Gasteiger partial charge in [0.15, 0.2) is 15.8 Å². The molecule has 120 valence electrons. The van der Waals surface area contributed by atoms with E-state index in [1.807, 2.05) is 12.1 Å². The predicted octanol–water partition coefficient (Wildman–Crippen LogP) is 2.17. The van der Waals surface area contributed by atoms with E-state index in [4.69, 9.17) is 0 Å². The van der Waals surface area contributed by atoms with Gasteiger partial charge in [0.1, 0.15) is 0 Å². The number of aliphatic imine (C=N–C) groups is 1. The summed E-state index contributed by atoms with van der Waals surface area (Å²) in [6, 6.07) is 6.87. The van der Waals surface area contributed by atoms with Crippen LogP contribution in [-0.2, 0) is 16.4 Å². The van der Waals surface area contributed by atoms with Gasteiger partial charge in [-0.25, -0.2) is 8.42 Å². The molecule has 2 N–H and O–H groups in total. The third-order valence-electron chi connectivity index (χ3n) is 2.86. The maximum Gasteiger partial charge on any atom is 0.191 e. The summed E-state index contributed by atoms with van der Waals surface area (Å²) in [5, 5.41) is 6.41. The standard InChI is InChI=1S/C14H23N3O2S.HI/c1-4-5-10-16-14(15-2)17-11-12-6-8-13(9-7-12)20(3,18)19;/h6-9H,4-5,10-11H2,1-3H3,(H2,15,16,17);1H. The molecule has 0 saturated carbocycles. The number of sulfone groups is 1. The normalized spacial score (nSPS) is 11.7. The molecule has 0 aliphatic carbocycles. The Hall–Kier alpha value is -0.830. The lowest BCUT2D eigenvalue weighted by atomic mass is 10.2. The van der Waals surface area contributed by atoms with Crippen LogP contribution in [-0.4, -0.2) is 34.2 Å². The first-order valence-corrected chi connectivity index (χ1v) is 8.60. The highest BCUT2D eigenvalue weighted by molar-refractivity contribution is 14.0. The fourth-order valence-corrected chi connectivity index (χ4v) is 2.27. The van der Waals surface area contributed by atoms with Crippen LogP contribution in [0.5, 0.6) is 0 Å². The number of guanidine groups is 1. The lowest BCUT2D eigenvalue weighted by Crippen LogP contribution is -2.37. The Bertz CT molecular complexity index is 542. The molecule has 21 heavy (non-hydrogen) atoms. The SMILES string of the molecule is CCCCNC(=NC)NCc1ccc(S(C)(=O)=O)cc1.I. The van der Waals surface area contributed by atoms with E-state index < -0.39 is 9.84 Å². The minimum Gasteiger partial charge on any atom is -0.356 e. The van der Waals surface area contributed by atoms with Crippen LogP contribution in [0.15, 0.2) is 34.2 Å². The summed E-state index contributed by atoms with van der Waals surface area (Å²) in [7, 11) is -1.40. The molecule has 0 spiro atoms. The van der Waals surface area contributed by atoms with Gasteiger partial charge < -0.3 is 10.6 Å². The molecule has 0 aliphatic rings. The Labute approximate surface area is 144 Å². The van der Waals surface area contributed by atoms with Gasteiger partial charge in [0.05, 0.1) is 4.90 Å². The lowest BCUT2D eigenvalue weighted by molar-refractivity contribution is 0.602. The summed E-state index contributed by atoms with van der Waals surface area (Å²) in [4.78, 5) is 4.47. The van der Waals surface area contributed by atoms with Crippen molar-refractivity contribution in [2.45, 2.75) is 31.2 Å². The van der Waals surface area contributed by atoms with Crippen molar-refractivity contribution in [3.63, 3.8) is 0 Å². The zero-order chi connectivity index (χ0) is 15.0. The maximum atomic E-state index is 11.4. The highest BCUT2D eigenvalue weighted by atomic mass is 127. The van der Waals surface area contributed by atoms with Gasteiger partial charge in [-0.15, -0.1) is 24.0 Å². The van der Waals surface area contributed by atoms with Crippen molar-refractivity contribution in [1.29, 1.82) is 0 Å². The summed E-state index contributed by atoms with van der Waals surface area (Å²) < 4.78 is 22.7. The first-order chi connectivity index (χ1) is 9.47. The number of benzene rings is 1. The summed E-state index contributed by atoms with van der Waals surface area (Å²) >= 11 is 0. The molecule has 0 aliphatic heterocycles. The van der Waals surface area contributed by atoms with Crippen LogP contribution < -0.4 is 10.6 Å². The van der Waals surface area contributed by atoms with E-state index in [0.717, 1.165) is 30.9 Å². The number of hydrogen-bond donors (Lipinski definition) is 2. The first kappa shape index (κ1) is 20.2. The van der Waals surface area contributed by atoms with Crippen LogP contribution >= 0.6 is 24.0 Å². The van der Waals surface area contributed by atoms with Gasteiger partial charge >= 0.3 is 0 Å². The van der Waals surface area contributed by atoms with Crippen LogP contribution in [0, 0.1) is 0 Å². The second-order valence-electron chi connectivity index (χ2n) is 4.62. The molecule has 0 atom stereocenters. The van der Waals surface area contributed by atoms with Gasteiger partial charge in [-0.05, 0) is 24.1 Å². The van der Waals surface area contributed by atoms with Crippen molar-refractivity contribution >= 4 is 39.8 Å². The number of halogens is 1. The monoisotopic (exact) mass is 425 g/mol. The number of rotatable bonds is 6. The molecule has 0 radical (unpaired) electrons. The van der Waals surface area contributed by atoms with Crippen molar-refractivity contribution < 1.29 is 8.42 Å². The minimum absolute atomic E-state index is 0. The summed E-state index contributed by atoms with van der Waals surface area (Å²) in [6.07, 6.45) is 3.44. The number of hydrogen-bond acceptors (Lipinski definition) is 3. The largest absolute Gasteiger partial charge is 0.356 e. The molecule has 5 nitrogen and oxygen atoms in total. The lowest BCUT2D eigenvalue weighted by Gasteiger charge is -2.11. The second kappa shape index (κ2) is 9.99. The Morgan fingerprint density at radius 1 is 1.19 bits per heavy atom. The molecule has 1 aromatic carbocycles. The van der Waals surface area contributed by atoms with E-state index >= 15 is 0 Å². The molecule has 0 unspecified atom stereocenters. The summed E-state index contributed by atoms with van der Waals surface area (Å²) in [5.74, 6) is 0.755. The van der Waals surface area contributed by atoms with E-state index in [9.17, 15) is 8.42 Å². The third kappa shape index (κ3) is 7.66. The molecule has 7 heteroatoms. The predicted molar refractivity (Wildman–Crippen MR) is 98.1 cm³/mol. The van der Waals surface area contributed by atoms with Crippen molar-refractivity contribution in [1.82, 2.24) is 10.6 Å². The van der Waals surface area contributed by atoms with Gasteiger partial charge in [0, 0.05) is 26.4 Å². The van der Waals surface area contributed by atoms with E-state index in [0.29, 0.717) is 11.4 Å². The van der Waals surface area contributed by atoms with Crippen LogP contribution in [0.25, 0.3) is 0 Å². The zero-order valence-electron chi connectivity index (χ0n) is 12.7. The van der Waals surface area contributed by atoms with Gasteiger partial charge in [-0.2, -0.15) is 0 Å². The molecule has 0 aromatic heterocycles. The molecule has 0 heterocycles. The molecule has 0 fully saturated rings. The quantitative estimate of drug-likeness (QED) is 0.317. The average molecular weight is 425 g/mol. The highest BCUT2D eigenvalue weighted by Crippen LogP contribution is 2.09. The van der Waals surface area contributed by atoms with E-state index in [1.54, 1.807) is 19.2 Å². The molecule has 0 amide bonds. The fourth-order valence-electron chi connectivity index (χ4n) is 1.64. The van der Waals surface area contributed by atoms with Crippen molar-refractivity contribution in [3.05, 3.63) is 29.8 Å². The molecule has 0 bridgehead atoms. The topological polar surface area (TPSA) is 70.6 Å². The Morgan fingerprint density at radius 2 is 1.81 bits per heavy atom. The van der Waals surface area contributed by atoms with Gasteiger partial charge in [0.2, 0.25) is 0 Å². The second-order valence-corrected chi connectivity index (χ2v) is 6.64. The van der Waals surface area contributed by atoms with Crippen LogP contribution in [0.1, 0.15) is 25.3 Å². The minimum atomic E-state index is -3.13. The fraction of sp³-hybridized carbons (Fsp3) is 0.500. The Balaban J connectivity index is 0.00000400. The van der Waals surface area contributed by atoms with E-state index in [1.165, 1.54) is 6.26 Å². The third-order valence-corrected chi connectivity index (χ3v) is 3.99. The summed E-state index contributed by atoms with van der Waals surface area (Å²) in [5.41, 5.74) is 1.01. The van der Waals surface area contributed by atoms with Crippen LogP contribution in [0.2, 0.25) is 0 Å². The van der Waals surface area contributed by atoms with Crippen molar-refractivity contribution in [2.75, 3.05) is 19.8 Å². The number of nitrogens with one attached hydrogen (secondary N) is 2. The average Bonchev–Trinajstić information content (AvgIpc) is 2.42. The maximum absolute atomic E-state index is 11.4. The molecule has 0 saturated heterocycles. The first-order valence-electron chi connectivity index (χ1n) is 6.71. The van der Waals surface area contributed by atoms with E-state index in [-0.39, 0.29) is 24.0 Å². The molecule has 1 aromatic rings.